The van der Waals surface area contributed by atoms with Crippen molar-refractivity contribution in [2.45, 2.75) is 25.8 Å². The fourth-order valence-electron chi connectivity index (χ4n) is 2.27. The van der Waals surface area contributed by atoms with Crippen LogP contribution in [0.15, 0.2) is 57.5 Å². The maximum atomic E-state index is 3.67. The molecule has 2 rings (SSSR count). The number of rotatable bonds is 6. The molecular weight excluding hydrogens is 378 g/mol. The summed E-state index contributed by atoms with van der Waals surface area (Å²) in [7, 11) is 0. The molecule has 0 aliphatic rings. The van der Waals surface area contributed by atoms with Crippen LogP contribution in [0.1, 0.15) is 30.5 Å². The minimum absolute atomic E-state index is 0.333. The fourth-order valence-corrected chi connectivity index (χ4v) is 3.28. The minimum atomic E-state index is 0.333. The summed E-state index contributed by atoms with van der Waals surface area (Å²) in [6, 6.07) is 17.3. The van der Waals surface area contributed by atoms with Crippen LogP contribution in [-0.2, 0) is 6.42 Å². The molecule has 0 fully saturated rings. The van der Waals surface area contributed by atoms with Crippen molar-refractivity contribution in [1.82, 2.24) is 5.32 Å². The van der Waals surface area contributed by atoms with Gasteiger partial charge in [0.25, 0.3) is 0 Å². The predicted molar refractivity (Wildman–Crippen MR) is 93.0 cm³/mol. The largest absolute Gasteiger partial charge is 0.310 e. The average Bonchev–Trinajstić information content (AvgIpc) is 2.44. The Labute approximate surface area is 138 Å². The molecule has 0 aliphatic carbocycles. The lowest BCUT2D eigenvalue weighted by Crippen LogP contribution is -2.24. The summed E-state index contributed by atoms with van der Waals surface area (Å²) in [6.45, 7) is 3.23. The van der Waals surface area contributed by atoms with Crippen molar-refractivity contribution >= 4 is 31.9 Å². The Morgan fingerprint density at radius 2 is 1.85 bits per heavy atom. The van der Waals surface area contributed by atoms with Crippen LogP contribution in [0.2, 0.25) is 0 Å². The predicted octanol–water partition coefficient (Wildman–Crippen LogP) is 5.50. The Morgan fingerprint density at radius 1 is 1.05 bits per heavy atom. The second-order valence-corrected chi connectivity index (χ2v) is 6.63. The zero-order chi connectivity index (χ0) is 14.4. The van der Waals surface area contributed by atoms with Gasteiger partial charge in [-0.2, -0.15) is 0 Å². The molecule has 1 atom stereocenters. The van der Waals surface area contributed by atoms with E-state index in [2.05, 4.69) is 92.6 Å². The van der Waals surface area contributed by atoms with E-state index in [-0.39, 0.29) is 0 Å². The summed E-state index contributed by atoms with van der Waals surface area (Å²) >= 11 is 7.21. The SMILES string of the molecule is CCCNC(Cc1cccc(Br)c1)c1ccccc1Br. The van der Waals surface area contributed by atoms with E-state index < -0.39 is 0 Å². The van der Waals surface area contributed by atoms with Crippen LogP contribution in [-0.4, -0.2) is 6.54 Å². The van der Waals surface area contributed by atoms with Gasteiger partial charge in [-0.15, -0.1) is 0 Å². The summed E-state index contributed by atoms with van der Waals surface area (Å²) < 4.78 is 2.31. The highest BCUT2D eigenvalue weighted by atomic mass is 79.9. The van der Waals surface area contributed by atoms with E-state index in [1.54, 1.807) is 0 Å². The molecule has 0 radical (unpaired) electrons. The molecule has 0 spiro atoms. The van der Waals surface area contributed by atoms with Gasteiger partial charge in [0.15, 0.2) is 0 Å². The van der Waals surface area contributed by atoms with Crippen molar-refractivity contribution in [1.29, 1.82) is 0 Å². The molecule has 106 valence electrons. The molecule has 0 amide bonds. The zero-order valence-electron chi connectivity index (χ0n) is 11.6. The van der Waals surface area contributed by atoms with Crippen molar-refractivity contribution < 1.29 is 0 Å². The third kappa shape index (κ3) is 4.44. The molecular formula is C17H19Br2N. The van der Waals surface area contributed by atoms with E-state index in [1.807, 2.05) is 0 Å². The highest BCUT2D eigenvalue weighted by Gasteiger charge is 2.14. The van der Waals surface area contributed by atoms with Crippen molar-refractivity contribution in [2.24, 2.45) is 0 Å². The van der Waals surface area contributed by atoms with E-state index in [4.69, 9.17) is 0 Å². The Hall–Kier alpha value is -0.640. The van der Waals surface area contributed by atoms with E-state index >= 15 is 0 Å². The number of hydrogen-bond acceptors (Lipinski definition) is 1. The molecule has 1 N–H and O–H groups in total. The molecule has 20 heavy (non-hydrogen) atoms. The first-order valence-corrected chi connectivity index (χ1v) is 8.51. The molecule has 0 saturated heterocycles. The van der Waals surface area contributed by atoms with Gasteiger partial charge in [-0.1, -0.05) is 69.1 Å². The Bertz CT molecular complexity index is 554. The molecule has 1 nitrogen and oxygen atoms in total. The summed E-state index contributed by atoms with van der Waals surface area (Å²) in [5, 5.41) is 3.65. The van der Waals surface area contributed by atoms with Crippen LogP contribution in [0, 0.1) is 0 Å². The van der Waals surface area contributed by atoms with E-state index in [1.165, 1.54) is 15.6 Å². The minimum Gasteiger partial charge on any atom is -0.310 e. The monoisotopic (exact) mass is 395 g/mol. The van der Waals surface area contributed by atoms with Gasteiger partial charge >= 0.3 is 0 Å². The molecule has 3 heteroatoms. The lowest BCUT2D eigenvalue weighted by molar-refractivity contribution is 0.527. The summed E-state index contributed by atoms with van der Waals surface area (Å²) in [5.41, 5.74) is 2.66. The molecule has 2 aromatic carbocycles. The summed E-state index contributed by atoms with van der Waals surface area (Å²) in [5.74, 6) is 0. The van der Waals surface area contributed by atoms with Crippen molar-refractivity contribution in [3.05, 3.63) is 68.6 Å². The first-order chi connectivity index (χ1) is 9.70. The standard InChI is InChI=1S/C17H19Br2N/c1-2-10-20-17(15-8-3-4-9-16(15)19)12-13-6-5-7-14(18)11-13/h3-9,11,17,20H,2,10,12H2,1H3. The number of hydrogen-bond donors (Lipinski definition) is 1. The third-order valence-corrected chi connectivity index (χ3v) is 4.47. The number of halogens is 2. The van der Waals surface area contributed by atoms with Crippen LogP contribution in [0.5, 0.6) is 0 Å². The van der Waals surface area contributed by atoms with Crippen LogP contribution in [0.4, 0.5) is 0 Å². The van der Waals surface area contributed by atoms with Crippen molar-refractivity contribution in [3.8, 4) is 0 Å². The topological polar surface area (TPSA) is 12.0 Å². The second-order valence-electron chi connectivity index (χ2n) is 4.86. The van der Waals surface area contributed by atoms with Crippen LogP contribution < -0.4 is 5.32 Å². The average molecular weight is 397 g/mol. The van der Waals surface area contributed by atoms with Crippen molar-refractivity contribution in [2.75, 3.05) is 6.54 Å². The lowest BCUT2D eigenvalue weighted by atomic mass is 9.99. The number of benzene rings is 2. The first-order valence-electron chi connectivity index (χ1n) is 6.93. The molecule has 0 aromatic heterocycles. The maximum Gasteiger partial charge on any atom is 0.0372 e. The van der Waals surface area contributed by atoms with Gasteiger partial charge in [-0.05, 0) is 48.7 Å². The van der Waals surface area contributed by atoms with E-state index in [0.717, 1.165) is 23.9 Å². The van der Waals surface area contributed by atoms with Gasteiger partial charge in [0.2, 0.25) is 0 Å². The van der Waals surface area contributed by atoms with Gasteiger partial charge in [0.1, 0.15) is 0 Å². The molecule has 1 unspecified atom stereocenters. The lowest BCUT2D eigenvalue weighted by Gasteiger charge is -2.20. The fraction of sp³-hybridized carbons (Fsp3) is 0.294. The first kappa shape index (κ1) is 15.7. The van der Waals surface area contributed by atoms with Crippen LogP contribution >= 0.6 is 31.9 Å². The van der Waals surface area contributed by atoms with Gasteiger partial charge < -0.3 is 5.32 Å². The van der Waals surface area contributed by atoms with Gasteiger partial charge in [-0.3, -0.25) is 0 Å². The highest BCUT2D eigenvalue weighted by Crippen LogP contribution is 2.26. The Balaban J connectivity index is 2.22. The van der Waals surface area contributed by atoms with E-state index in [9.17, 15) is 0 Å². The highest BCUT2D eigenvalue weighted by molar-refractivity contribution is 9.10. The van der Waals surface area contributed by atoms with E-state index in [0.29, 0.717) is 6.04 Å². The smallest absolute Gasteiger partial charge is 0.0372 e. The quantitative estimate of drug-likeness (QED) is 0.680. The Morgan fingerprint density at radius 3 is 2.55 bits per heavy atom. The normalized spacial score (nSPS) is 12.3. The van der Waals surface area contributed by atoms with Gasteiger partial charge in [-0.25, -0.2) is 0 Å². The Kier molecular flexibility index (Phi) is 6.27. The zero-order valence-corrected chi connectivity index (χ0v) is 14.7. The van der Waals surface area contributed by atoms with Crippen LogP contribution in [0.25, 0.3) is 0 Å². The maximum absolute atomic E-state index is 3.67. The molecule has 2 aromatic rings. The van der Waals surface area contributed by atoms with Crippen LogP contribution in [0.3, 0.4) is 0 Å². The second kappa shape index (κ2) is 7.96. The van der Waals surface area contributed by atoms with Gasteiger partial charge in [0.05, 0.1) is 0 Å². The summed E-state index contributed by atoms with van der Waals surface area (Å²) in [6.07, 6.45) is 2.13. The molecule has 0 aliphatic heterocycles. The van der Waals surface area contributed by atoms with Gasteiger partial charge in [0, 0.05) is 15.0 Å². The molecule has 0 saturated carbocycles. The third-order valence-electron chi connectivity index (χ3n) is 3.25. The van der Waals surface area contributed by atoms with Crippen molar-refractivity contribution in [3.63, 3.8) is 0 Å². The summed E-state index contributed by atoms with van der Waals surface area (Å²) in [4.78, 5) is 0. The molecule has 0 heterocycles. The number of nitrogens with one attached hydrogen (secondary N) is 1. The molecule has 0 bridgehead atoms.